The van der Waals surface area contributed by atoms with Gasteiger partial charge in [0.05, 0.1) is 11.6 Å². The Hall–Kier alpha value is -2.60. The molecule has 4 rings (SSSR count). The second kappa shape index (κ2) is 7.56. The molecule has 1 aliphatic carbocycles. The van der Waals surface area contributed by atoms with Crippen LogP contribution < -0.4 is 10.1 Å². The number of hydrogen-bond acceptors (Lipinski definition) is 4. The molecular weight excluding hydrogens is 366 g/mol. The minimum atomic E-state index is -0.150. The molecule has 2 fully saturated rings. The Morgan fingerprint density at radius 2 is 2.15 bits per heavy atom. The fraction of sp³-hybridized carbons (Fsp3) is 0.350. The molecule has 1 aromatic heterocycles. The van der Waals surface area contributed by atoms with Crippen LogP contribution >= 0.6 is 11.6 Å². The number of rotatable bonds is 5. The third-order valence-electron chi connectivity index (χ3n) is 5.20. The van der Waals surface area contributed by atoms with Crippen LogP contribution in [-0.2, 0) is 4.79 Å². The lowest BCUT2D eigenvalue weighted by atomic mass is 10.0. The molecule has 6 nitrogen and oxygen atoms in total. The Kier molecular flexibility index (Phi) is 4.99. The smallest absolute Gasteiger partial charge is 0.260 e. The van der Waals surface area contributed by atoms with Crippen LogP contribution in [0.1, 0.15) is 23.2 Å². The summed E-state index contributed by atoms with van der Waals surface area (Å²) in [6.07, 6.45) is 5.00. The number of aromatic nitrogens is 1. The molecule has 2 bridgehead atoms. The Balaban J connectivity index is 1.36. The van der Waals surface area contributed by atoms with Gasteiger partial charge in [-0.25, -0.2) is 0 Å². The summed E-state index contributed by atoms with van der Waals surface area (Å²) in [4.78, 5) is 30.9. The summed E-state index contributed by atoms with van der Waals surface area (Å²) < 4.78 is 5.58. The van der Waals surface area contributed by atoms with Gasteiger partial charge in [-0.05, 0) is 49.1 Å². The maximum Gasteiger partial charge on any atom is 0.260 e. The monoisotopic (exact) mass is 385 g/mol. The summed E-state index contributed by atoms with van der Waals surface area (Å²) in [6, 6.07) is 10.4. The highest BCUT2D eigenvalue weighted by molar-refractivity contribution is 6.30. The SMILES string of the molecule is O=C(N[C@H]1C[C@@H]2C[C@H]1N(C(=O)COc1cccc(Cl)c1)C2)c1cccnc1. The van der Waals surface area contributed by atoms with Crippen molar-refractivity contribution < 1.29 is 14.3 Å². The molecule has 1 N–H and O–H groups in total. The summed E-state index contributed by atoms with van der Waals surface area (Å²) in [5, 5.41) is 3.63. The molecule has 0 spiro atoms. The number of nitrogens with one attached hydrogen (secondary N) is 1. The van der Waals surface area contributed by atoms with E-state index in [4.69, 9.17) is 16.3 Å². The van der Waals surface area contributed by atoms with Gasteiger partial charge in [0.1, 0.15) is 5.75 Å². The van der Waals surface area contributed by atoms with Crippen LogP contribution in [0.15, 0.2) is 48.8 Å². The highest BCUT2D eigenvalue weighted by Gasteiger charge is 2.47. The van der Waals surface area contributed by atoms with Gasteiger partial charge >= 0.3 is 0 Å². The van der Waals surface area contributed by atoms with E-state index in [-0.39, 0.29) is 30.5 Å². The van der Waals surface area contributed by atoms with Crippen molar-refractivity contribution in [1.29, 1.82) is 0 Å². The number of piperidine rings is 1. The topological polar surface area (TPSA) is 71.5 Å². The molecular formula is C20H20ClN3O3. The van der Waals surface area contributed by atoms with E-state index in [0.29, 0.717) is 22.3 Å². The molecule has 2 amide bonds. The van der Waals surface area contributed by atoms with Gasteiger partial charge < -0.3 is 15.0 Å². The van der Waals surface area contributed by atoms with Gasteiger partial charge in [-0.3, -0.25) is 14.6 Å². The van der Waals surface area contributed by atoms with Crippen molar-refractivity contribution in [2.75, 3.05) is 13.2 Å². The van der Waals surface area contributed by atoms with E-state index in [1.807, 2.05) is 4.90 Å². The van der Waals surface area contributed by atoms with E-state index in [2.05, 4.69) is 10.3 Å². The molecule has 2 heterocycles. The molecule has 1 saturated carbocycles. The molecule has 1 saturated heterocycles. The van der Waals surface area contributed by atoms with E-state index in [1.54, 1.807) is 48.8 Å². The number of nitrogens with zero attached hydrogens (tertiary/aromatic N) is 2. The average molecular weight is 386 g/mol. The number of halogens is 1. The van der Waals surface area contributed by atoms with Crippen LogP contribution in [0.5, 0.6) is 5.75 Å². The molecule has 0 radical (unpaired) electrons. The van der Waals surface area contributed by atoms with Crippen LogP contribution in [0.3, 0.4) is 0 Å². The number of likely N-dealkylation sites (tertiary alicyclic amines) is 1. The second-order valence-corrected chi connectivity index (χ2v) is 7.46. The van der Waals surface area contributed by atoms with Crippen molar-refractivity contribution >= 4 is 23.4 Å². The first kappa shape index (κ1) is 17.8. The van der Waals surface area contributed by atoms with Crippen molar-refractivity contribution in [2.45, 2.75) is 24.9 Å². The standard InChI is InChI=1S/C20H20ClN3O3/c21-15-4-1-5-16(9-15)27-12-19(25)24-11-13-7-17(18(24)8-13)23-20(26)14-3-2-6-22-10-14/h1-6,9-10,13,17-18H,7-8,11-12H2,(H,23,26)/t13-,17+,18-/m1/s1. The molecule has 140 valence electrons. The summed E-state index contributed by atoms with van der Waals surface area (Å²) in [6.45, 7) is 0.689. The minimum Gasteiger partial charge on any atom is -0.484 e. The lowest BCUT2D eigenvalue weighted by Crippen LogP contribution is -2.52. The van der Waals surface area contributed by atoms with Gasteiger partial charge in [0.25, 0.3) is 11.8 Å². The number of ether oxygens (including phenoxy) is 1. The van der Waals surface area contributed by atoms with Crippen LogP contribution in [-0.4, -0.2) is 46.9 Å². The van der Waals surface area contributed by atoms with E-state index in [0.717, 1.165) is 19.4 Å². The van der Waals surface area contributed by atoms with Gasteiger partial charge in [0.2, 0.25) is 0 Å². The number of amides is 2. The number of benzene rings is 1. The highest BCUT2D eigenvalue weighted by atomic mass is 35.5. The Labute approximate surface area is 162 Å². The Bertz CT molecular complexity index is 845. The van der Waals surface area contributed by atoms with Crippen LogP contribution in [0.2, 0.25) is 5.02 Å². The van der Waals surface area contributed by atoms with E-state index in [1.165, 1.54) is 0 Å². The maximum absolute atomic E-state index is 12.6. The van der Waals surface area contributed by atoms with Crippen LogP contribution in [0.4, 0.5) is 0 Å². The zero-order valence-corrected chi connectivity index (χ0v) is 15.4. The predicted octanol–water partition coefficient (Wildman–Crippen LogP) is 2.53. The first-order valence-electron chi connectivity index (χ1n) is 8.99. The summed E-state index contributed by atoms with van der Waals surface area (Å²) in [5.74, 6) is 0.775. The van der Waals surface area contributed by atoms with Gasteiger partial charge in [0, 0.05) is 30.0 Å². The molecule has 0 unspecified atom stereocenters. The van der Waals surface area contributed by atoms with Crippen molar-refractivity contribution in [3.05, 3.63) is 59.4 Å². The van der Waals surface area contributed by atoms with Gasteiger partial charge in [-0.15, -0.1) is 0 Å². The number of hydrogen-bond donors (Lipinski definition) is 1. The molecule has 2 aromatic rings. The first-order valence-corrected chi connectivity index (χ1v) is 9.36. The normalized spacial score (nSPS) is 23.3. The van der Waals surface area contributed by atoms with Crippen LogP contribution in [0, 0.1) is 5.92 Å². The zero-order valence-electron chi connectivity index (χ0n) is 14.7. The van der Waals surface area contributed by atoms with Crippen molar-refractivity contribution in [2.24, 2.45) is 5.92 Å². The lowest BCUT2D eigenvalue weighted by Gasteiger charge is -2.33. The summed E-state index contributed by atoms with van der Waals surface area (Å²) in [7, 11) is 0. The third kappa shape index (κ3) is 3.90. The summed E-state index contributed by atoms with van der Waals surface area (Å²) in [5.41, 5.74) is 0.530. The minimum absolute atomic E-state index is 0.0195. The van der Waals surface area contributed by atoms with Gasteiger partial charge in [-0.1, -0.05) is 17.7 Å². The number of carbonyl (C=O) groups excluding carboxylic acids is 2. The van der Waals surface area contributed by atoms with Crippen LogP contribution in [0.25, 0.3) is 0 Å². The zero-order chi connectivity index (χ0) is 18.8. The average Bonchev–Trinajstić information content (AvgIpc) is 3.27. The molecule has 27 heavy (non-hydrogen) atoms. The lowest BCUT2D eigenvalue weighted by molar-refractivity contribution is -0.135. The van der Waals surface area contributed by atoms with Crippen molar-refractivity contribution in [3.63, 3.8) is 0 Å². The Morgan fingerprint density at radius 1 is 1.26 bits per heavy atom. The number of pyridine rings is 1. The molecule has 3 atom stereocenters. The fourth-order valence-electron chi connectivity index (χ4n) is 4.00. The van der Waals surface area contributed by atoms with Gasteiger partial charge in [-0.2, -0.15) is 0 Å². The highest BCUT2D eigenvalue weighted by Crippen LogP contribution is 2.38. The number of fused-ring (bicyclic) bond motifs is 2. The quantitative estimate of drug-likeness (QED) is 0.858. The summed E-state index contributed by atoms with van der Waals surface area (Å²) >= 11 is 5.94. The third-order valence-corrected chi connectivity index (χ3v) is 5.44. The predicted molar refractivity (Wildman–Crippen MR) is 101 cm³/mol. The van der Waals surface area contributed by atoms with E-state index >= 15 is 0 Å². The maximum atomic E-state index is 12.6. The van der Waals surface area contributed by atoms with E-state index < -0.39 is 0 Å². The van der Waals surface area contributed by atoms with E-state index in [9.17, 15) is 9.59 Å². The van der Waals surface area contributed by atoms with Crippen molar-refractivity contribution in [1.82, 2.24) is 15.2 Å². The molecule has 1 aromatic carbocycles. The molecule has 7 heteroatoms. The first-order chi connectivity index (χ1) is 13.1. The fourth-order valence-corrected chi connectivity index (χ4v) is 4.18. The Morgan fingerprint density at radius 3 is 2.89 bits per heavy atom. The molecule has 1 aliphatic heterocycles. The molecule has 2 aliphatic rings. The van der Waals surface area contributed by atoms with Gasteiger partial charge in [0.15, 0.2) is 6.61 Å². The van der Waals surface area contributed by atoms with Crippen molar-refractivity contribution in [3.8, 4) is 5.75 Å². The second-order valence-electron chi connectivity index (χ2n) is 7.02. The number of carbonyl (C=O) groups is 2. The largest absolute Gasteiger partial charge is 0.484 e.